The van der Waals surface area contributed by atoms with Gasteiger partial charge >= 0.3 is 11.9 Å². The fourth-order valence-corrected chi connectivity index (χ4v) is 2.30. The van der Waals surface area contributed by atoms with Gasteiger partial charge in [-0.2, -0.15) is 0 Å². The lowest BCUT2D eigenvalue weighted by atomic mass is 9.67. The summed E-state index contributed by atoms with van der Waals surface area (Å²) in [6.07, 6.45) is 2.06. The molecule has 0 aromatic rings. The molecule has 0 unspecified atom stereocenters. The van der Waals surface area contributed by atoms with Gasteiger partial charge in [0.1, 0.15) is 0 Å². The van der Waals surface area contributed by atoms with Gasteiger partial charge in [0.25, 0.3) is 0 Å². The Bertz CT molecular complexity index is 298. The first-order chi connectivity index (χ1) is 7.31. The van der Waals surface area contributed by atoms with Gasteiger partial charge in [0.05, 0.1) is 5.57 Å². The zero-order chi connectivity index (χ0) is 12.9. The van der Waals surface area contributed by atoms with Crippen LogP contribution in [0.4, 0.5) is 0 Å². The van der Waals surface area contributed by atoms with Gasteiger partial charge in [-0.15, -0.1) is 0 Å². The number of hydrogen-bond donors (Lipinski definition) is 2. The van der Waals surface area contributed by atoms with Crippen LogP contribution < -0.4 is 0 Å². The van der Waals surface area contributed by atoms with Gasteiger partial charge in [-0.05, 0) is 18.8 Å². The van der Waals surface area contributed by atoms with E-state index in [0.717, 1.165) is 6.08 Å². The highest BCUT2D eigenvalue weighted by atomic mass is 16.4. The third-order valence-electron chi connectivity index (χ3n) is 3.40. The Labute approximate surface area is 96.0 Å². The summed E-state index contributed by atoms with van der Waals surface area (Å²) < 4.78 is 0. The number of hydrogen-bond acceptors (Lipinski definition) is 2. The molecule has 0 aromatic carbocycles. The van der Waals surface area contributed by atoms with Crippen molar-refractivity contribution in [2.24, 2.45) is 11.3 Å². The quantitative estimate of drug-likeness (QED) is 0.685. The summed E-state index contributed by atoms with van der Waals surface area (Å²) in [5.41, 5.74) is -0.565. The molecule has 0 fully saturated rings. The van der Waals surface area contributed by atoms with Gasteiger partial charge in [0, 0.05) is 11.5 Å². The molecule has 2 N–H and O–H groups in total. The smallest absolute Gasteiger partial charge is 0.332 e. The van der Waals surface area contributed by atoms with E-state index < -0.39 is 17.4 Å². The minimum absolute atomic E-state index is 0.000000000000000444. The summed E-state index contributed by atoms with van der Waals surface area (Å²) in [5.74, 6) is -2.26. The van der Waals surface area contributed by atoms with Crippen LogP contribution in [-0.2, 0) is 9.59 Å². The van der Waals surface area contributed by atoms with Crippen LogP contribution in [0.15, 0.2) is 11.6 Å². The maximum atomic E-state index is 11.2. The van der Waals surface area contributed by atoms with Crippen molar-refractivity contribution in [3.8, 4) is 0 Å². The van der Waals surface area contributed by atoms with E-state index in [1.54, 1.807) is 0 Å². The highest BCUT2D eigenvalue weighted by Gasteiger charge is 2.38. The molecule has 0 heterocycles. The fraction of sp³-hybridized carbons (Fsp3) is 0.667. The molecule has 16 heavy (non-hydrogen) atoms. The minimum Gasteiger partial charge on any atom is -0.478 e. The number of aliphatic carboxylic acids is 2. The normalized spacial score (nSPS) is 12.9. The first-order valence-corrected chi connectivity index (χ1v) is 5.50. The second kappa shape index (κ2) is 5.68. The van der Waals surface area contributed by atoms with Gasteiger partial charge in [-0.3, -0.25) is 0 Å². The zero-order valence-electron chi connectivity index (χ0n) is 10.3. The van der Waals surface area contributed by atoms with Crippen molar-refractivity contribution >= 4 is 11.9 Å². The Morgan fingerprint density at radius 1 is 1.19 bits per heavy atom. The van der Waals surface area contributed by atoms with Gasteiger partial charge in [-0.1, -0.05) is 27.7 Å². The first-order valence-electron chi connectivity index (χ1n) is 5.50. The molecule has 0 radical (unpaired) electrons. The Morgan fingerprint density at radius 3 is 1.81 bits per heavy atom. The molecule has 0 saturated carbocycles. The molecule has 4 nitrogen and oxygen atoms in total. The van der Waals surface area contributed by atoms with Crippen LogP contribution in [0.5, 0.6) is 0 Å². The maximum absolute atomic E-state index is 11.2. The molecule has 0 saturated heterocycles. The monoisotopic (exact) mass is 228 g/mol. The van der Waals surface area contributed by atoms with Gasteiger partial charge in [-0.25, -0.2) is 9.59 Å². The predicted molar refractivity (Wildman–Crippen MR) is 61.2 cm³/mol. The van der Waals surface area contributed by atoms with E-state index in [0.29, 0.717) is 12.8 Å². The van der Waals surface area contributed by atoms with Crippen LogP contribution in [0.1, 0.15) is 40.5 Å². The van der Waals surface area contributed by atoms with Crippen molar-refractivity contribution in [1.82, 2.24) is 0 Å². The van der Waals surface area contributed by atoms with Crippen LogP contribution in [-0.4, -0.2) is 22.2 Å². The third-order valence-corrected chi connectivity index (χ3v) is 3.40. The lowest BCUT2D eigenvalue weighted by Gasteiger charge is -2.36. The molecule has 0 spiro atoms. The van der Waals surface area contributed by atoms with Crippen LogP contribution in [0.2, 0.25) is 0 Å². The molecule has 0 bridgehead atoms. The standard InChI is InChI=1S/C12H20O4/c1-5-12(6-2,8(3)4)9(11(15)16)7-10(13)14/h7-8H,5-6H2,1-4H3,(H,13,14)(H,15,16). The van der Waals surface area contributed by atoms with Crippen molar-refractivity contribution in [1.29, 1.82) is 0 Å². The SMILES string of the molecule is CCC(CC)(C(=CC(=O)O)C(=O)O)C(C)C. The van der Waals surface area contributed by atoms with Crippen molar-refractivity contribution in [2.75, 3.05) is 0 Å². The van der Waals surface area contributed by atoms with Crippen molar-refractivity contribution in [3.05, 3.63) is 11.6 Å². The van der Waals surface area contributed by atoms with Crippen LogP contribution in [0.3, 0.4) is 0 Å². The number of rotatable bonds is 6. The van der Waals surface area contributed by atoms with Crippen LogP contribution in [0, 0.1) is 11.3 Å². The Morgan fingerprint density at radius 2 is 1.62 bits per heavy atom. The molecular formula is C12H20O4. The van der Waals surface area contributed by atoms with E-state index >= 15 is 0 Å². The number of carboxylic acids is 2. The predicted octanol–water partition coefficient (Wildman–Crippen LogP) is 2.54. The molecule has 0 aliphatic rings. The number of carbonyl (C=O) groups is 2. The van der Waals surface area contributed by atoms with E-state index in [9.17, 15) is 9.59 Å². The zero-order valence-corrected chi connectivity index (χ0v) is 10.3. The largest absolute Gasteiger partial charge is 0.478 e. The van der Waals surface area contributed by atoms with Crippen molar-refractivity contribution in [2.45, 2.75) is 40.5 Å². The Hall–Kier alpha value is -1.32. The Kier molecular flexibility index (Phi) is 5.21. The molecular weight excluding hydrogens is 208 g/mol. The first kappa shape index (κ1) is 14.7. The average molecular weight is 228 g/mol. The molecule has 0 aliphatic carbocycles. The summed E-state index contributed by atoms with van der Waals surface area (Å²) in [6.45, 7) is 7.63. The van der Waals surface area contributed by atoms with E-state index in [1.807, 2.05) is 27.7 Å². The molecule has 0 aromatic heterocycles. The van der Waals surface area contributed by atoms with E-state index in [4.69, 9.17) is 10.2 Å². The molecule has 0 aliphatic heterocycles. The summed E-state index contributed by atoms with van der Waals surface area (Å²) in [5, 5.41) is 17.9. The summed E-state index contributed by atoms with van der Waals surface area (Å²) >= 11 is 0. The van der Waals surface area contributed by atoms with E-state index in [-0.39, 0.29) is 11.5 Å². The average Bonchev–Trinajstić information content (AvgIpc) is 2.17. The summed E-state index contributed by atoms with van der Waals surface area (Å²) in [7, 11) is 0. The fourth-order valence-electron chi connectivity index (χ4n) is 2.30. The molecule has 4 heteroatoms. The lowest BCUT2D eigenvalue weighted by molar-refractivity contribution is -0.136. The minimum atomic E-state index is -1.20. The second-order valence-corrected chi connectivity index (χ2v) is 4.22. The van der Waals surface area contributed by atoms with E-state index in [2.05, 4.69) is 0 Å². The molecule has 0 amide bonds. The topological polar surface area (TPSA) is 74.6 Å². The molecule has 0 atom stereocenters. The molecule has 92 valence electrons. The van der Waals surface area contributed by atoms with Gasteiger partial charge in [0.15, 0.2) is 0 Å². The molecule has 0 rings (SSSR count). The highest BCUT2D eigenvalue weighted by molar-refractivity contribution is 5.95. The van der Waals surface area contributed by atoms with Gasteiger partial charge in [0.2, 0.25) is 0 Å². The van der Waals surface area contributed by atoms with E-state index in [1.165, 1.54) is 0 Å². The summed E-state index contributed by atoms with van der Waals surface area (Å²) in [6, 6.07) is 0. The maximum Gasteiger partial charge on any atom is 0.332 e. The summed E-state index contributed by atoms with van der Waals surface area (Å²) in [4.78, 5) is 21.8. The van der Waals surface area contributed by atoms with Gasteiger partial charge < -0.3 is 10.2 Å². The van der Waals surface area contributed by atoms with Crippen LogP contribution >= 0.6 is 0 Å². The van der Waals surface area contributed by atoms with Crippen molar-refractivity contribution in [3.63, 3.8) is 0 Å². The second-order valence-electron chi connectivity index (χ2n) is 4.22. The Balaban J connectivity index is 5.62. The number of carboxylic acid groups (broad SMARTS) is 2. The van der Waals surface area contributed by atoms with Crippen molar-refractivity contribution < 1.29 is 19.8 Å². The third kappa shape index (κ3) is 2.84. The lowest BCUT2D eigenvalue weighted by Crippen LogP contribution is -2.32. The van der Waals surface area contributed by atoms with Crippen LogP contribution in [0.25, 0.3) is 0 Å². The highest BCUT2D eigenvalue weighted by Crippen LogP contribution is 2.42.